The molecule has 1 heterocycles. The molecule has 1 fully saturated rings. The topological polar surface area (TPSA) is 105 Å². The predicted molar refractivity (Wildman–Crippen MR) is 94.7 cm³/mol. The van der Waals surface area contributed by atoms with Crippen LogP contribution in [0.2, 0.25) is 0 Å². The first-order valence-corrected chi connectivity index (χ1v) is 8.55. The zero-order valence-electron chi connectivity index (χ0n) is 14.7. The number of benzene rings is 1. The predicted octanol–water partition coefficient (Wildman–Crippen LogP) is 0.117. The van der Waals surface area contributed by atoms with Gasteiger partial charge in [-0.2, -0.15) is 0 Å². The Kier molecular flexibility index (Phi) is 6.52. The summed E-state index contributed by atoms with van der Waals surface area (Å²) in [6.07, 6.45) is 0.383. The zero-order valence-corrected chi connectivity index (χ0v) is 14.7. The Morgan fingerprint density at radius 1 is 1.24 bits per heavy atom. The van der Waals surface area contributed by atoms with E-state index in [-0.39, 0.29) is 36.9 Å². The lowest BCUT2D eigenvalue weighted by atomic mass is 10.1. The summed E-state index contributed by atoms with van der Waals surface area (Å²) in [6, 6.07) is 7.98. The van der Waals surface area contributed by atoms with Crippen molar-refractivity contribution in [3.8, 4) is 0 Å². The molecule has 0 bridgehead atoms. The fraction of sp³-hybridized carbons (Fsp3) is 0.500. The highest BCUT2D eigenvalue weighted by Gasteiger charge is 2.39. The summed E-state index contributed by atoms with van der Waals surface area (Å²) >= 11 is 0. The summed E-state index contributed by atoms with van der Waals surface area (Å²) < 4.78 is 0. The van der Waals surface area contributed by atoms with Crippen molar-refractivity contribution in [2.75, 3.05) is 19.6 Å². The molecular formula is C18H26N4O3. The van der Waals surface area contributed by atoms with E-state index < -0.39 is 6.04 Å². The van der Waals surface area contributed by atoms with E-state index >= 15 is 0 Å². The lowest BCUT2D eigenvalue weighted by molar-refractivity contribution is -0.137. The number of likely N-dealkylation sites (tertiary alicyclic amines) is 1. The number of nitrogens with two attached hydrogens (primary N) is 1. The summed E-state index contributed by atoms with van der Waals surface area (Å²) in [5.41, 5.74) is 6.01. The molecule has 0 radical (unpaired) electrons. The molecule has 0 spiro atoms. The molecule has 0 saturated carbocycles. The van der Waals surface area contributed by atoms with Gasteiger partial charge in [-0.05, 0) is 24.5 Å². The van der Waals surface area contributed by atoms with E-state index in [9.17, 15) is 14.4 Å². The number of carbonyl (C=O) groups excluding carboxylic acids is 3. The fourth-order valence-corrected chi connectivity index (χ4v) is 2.86. The Balaban J connectivity index is 2.03. The molecule has 4 N–H and O–H groups in total. The molecule has 1 saturated heterocycles. The maximum Gasteiger partial charge on any atom is 0.251 e. The summed E-state index contributed by atoms with van der Waals surface area (Å²) in [6.45, 7) is 4.67. The van der Waals surface area contributed by atoms with Gasteiger partial charge in [-0.15, -0.1) is 0 Å². The van der Waals surface area contributed by atoms with Gasteiger partial charge in [0, 0.05) is 24.7 Å². The van der Waals surface area contributed by atoms with Crippen LogP contribution >= 0.6 is 0 Å². The normalized spacial score (nSPS) is 19.8. The van der Waals surface area contributed by atoms with Crippen LogP contribution in [0.15, 0.2) is 30.3 Å². The number of nitrogens with one attached hydrogen (secondary N) is 2. The standard InChI is InChI=1S/C18H26N4O3/c1-12(2)10-20-18(25)15-8-14(11-22(15)16(23)9-19)21-17(24)13-6-4-3-5-7-13/h3-7,12,14-15H,8-11,19H2,1-2H3,(H,20,25)(H,21,24). The van der Waals surface area contributed by atoms with Crippen LogP contribution in [-0.4, -0.2) is 54.3 Å². The summed E-state index contributed by atoms with van der Waals surface area (Å²) in [5, 5.41) is 5.75. The Morgan fingerprint density at radius 3 is 2.52 bits per heavy atom. The van der Waals surface area contributed by atoms with Gasteiger partial charge in [-0.3, -0.25) is 14.4 Å². The number of rotatable bonds is 6. The lowest BCUT2D eigenvalue weighted by Gasteiger charge is -2.23. The van der Waals surface area contributed by atoms with Crippen LogP contribution in [0.4, 0.5) is 0 Å². The van der Waals surface area contributed by atoms with Crippen molar-refractivity contribution in [2.45, 2.75) is 32.4 Å². The second-order valence-corrected chi connectivity index (χ2v) is 6.68. The molecule has 3 amide bonds. The van der Waals surface area contributed by atoms with Crippen molar-refractivity contribution in [3.05, 3.63) is 35.9 Å². The molecule has 0 aromatic heterocycles. The van der Waals surface area contributed by atoms with E-state index in [1.807, 2.05) is 19.9 Å². The molecule has 7 heteroatoms. The van der Waals surface area contributed by atoms with Gasteiger partial charge in [0.2, 0.25) is 11.8 Å². The molecule has 1 aromatic carbocycles. The molecule has 0 aliphatic carbocycles. The molecular weight excluding hydrogens is 320 g/mol. The molecule has 25 heavy (non-hydrogen) atoms. The van der Waals surface area contributed by atoms with Gasteiger partial charge in [-0.1, -0.05) is 32.0 Å². The monoisotopic (exact) mass is 346 g/mol. The largest absolute Gasteiger partial charge is 0.354 e. The van der Waals surface area contributed by atoms with Gasteiger partial charge in [0.15, 0.2) is 0 Å². The third-order valence-corrected chi connectivity index (χ3v) is 4.15. The van der Waals surface area contributed by atoms with Crippen LogP contribution in [-0.2, 0) is 9.59 Å². The van der Waals surface area contributed by atoms with Gasteiger partial charge in [-0.25, -0.2) is 0 Å². The van der Waals surface area contributed by atoms with Crippen molar-refractivity contribution in [1.29, 1.82) is 0 Å². The third-order valence-electron chi connectivity index (χ3n) is 4.15. The minimum absolute atomic E-state index is 0.159. The van der Waals surface area contributed by atoms with E-state index in [1.165, 1.54) is 4.90 Å². The molecule has 136 valence electrons. The summed E-state index contributed by atoms with van der Waals surface area (Å²) in [7, 11) is 0. The molecule has 1 aromatic rings. The van der Waals surface area contributed by atoms with Crippen LogP contribution in [0.1, 0.15) is 30.6 Å². The molecule has 1 aliphatic heterocycles. The van der Waals surface area contributed by atoms with Crippen molar-refractivity contribution in [3.63, 3.8) is 0 Å². The van der Waals surface area contributed by atoms with Crippen LogP contribution in [0.5, 0.6) is 0 Å². The van der Waals surface area contributed by atoms with Crippen LogP contribution in [0, 0.1) is 5.92 Å². The molecule has 2 atom stereocenters. The zero-order chi connectivity index (χ0) is 18.4. The Hall–Kier alpha value is -2.41. The second-order valence-electron chi connectivity index (χ2n) is 6.68. The van der Waals surface area contributed by atoms with Crippen molar-refractivity contribution in [2.24, 2.45) is 11.7 Å². The van der Waals surface area contributed by atoms with Crippen LogP contribution in [0.25, 0.3) is 0 Å². The number of hydrogen-bond donors (Lipinski definition) is 3. The fourth-order valence-electron chi connectivity index (χ4n) is 2.86. The Bertz CT molecular complexity index is 618. The van der Waals surface area contributed by atoms with E-state index in [2.05, 4.69) is 10.6 Å². The van der Waals surface area contributed by atoms with Gasteiger partial charge in [0.1, 0.15) is 6.04 Å². The van der Waals surface area contributed by atoms with Crippen molar-refractivity contribution in [1.82, 2.24) is 15.5 Å². The molecule has 1 aliphatic rings. The molecule has 2 rings (SSSR count). The Labute approximate surface area is 147 Å². The summed E-state index contributed by atoms with van der Waals surface area (Å²) in [4.78, 5) is 38.3. The second kappa shape index (κ2) is 8.62. The van der Waals surface area contributed by atoms with Gasteiger partial charge in [0.05, 0.1) is 6.54 Å². The number of hydrogen-bond acceptors (Lipinski definition) is 4. The quantitative estimate of drug-likeness (QED) is 0.680. The highest BCUT2D eigenvalue weighted by atomic mass is 16.2. The molecule has 7 nitrogen and oxygen atoms in total. The maximum absolute atomic E-state index is 12.4. The number of nitrogens with zero attached hydrogens (tertiary/aromatic N) is 1. The smallest absolute Gasteiger partial charge is 0.251 e. The highest BCUT2D eigenvalue weighted by molar-refractivity contribution is 5.95. The average molecular weight is 346 g/mol. The van der Waals surface area contributed by atoms with Crippen molar-refractivity contribution >= 4 is 17.7 Å². The first-order chi connectivity index (χ1) is 11.9. The highest BCUT2D eigenvalue weighted by Crippen LogP contribution is 2.19. The van der Waals surface area contributed by atoms with E-state index in [4.69, 9.17) is 5.73 Å². The van der Waals surface area contributed by atoms with Crippen LogP contribution in [0.3, 0.4) is 0 Å². The first-order valence-electron chi connectivity index (χ1n) is 8.55. The maximum atomic E-state index is 12.4. The van der Waals surface area contributed by atoms with E-state index in [0.29, 0.717) is 24.4 Å². The van der Waals surface area contributed by atoms with Gasteiger partial charge < -0.3 is 21.3 Å². The van der Waals surface area contributed by atoms with E-state index in [0.717, 1.165) is 0 Å². The third kappa shape index (κ3) is 5.03. The number of carbonyl (C=O) groups is 3. The van der Waals surface area contributed by atoms with Gasteiger partial charge >= 0.3 is 0 Å². The minimum atomic E-state index is -0.601. The summed E-state index contributed by atoms with van der Waals surface area (Å²) in [5.74, 6) is -0.389. The van der Waals surface area contributed by atoms with Crippen molar-refractivity contribution < 1.29 is 14.4 Å². The van der Waals surface area contributed by atoms with Gasteiger partial charge in [0.25, 0.3) is 5.91 Å². The first kappa shape index (κ1) is 18.9. The SMILES string of the molecule is CC(C)CNC(=O)C1CC(NC(=O)c2ccccc2)CN1C(=O)CN. The molecule has 2 unspecified atom stereocenters. The Morgan fingerprint density at radius 2 is 1.92 bits per heavy atom. The average Bonchev–Trinajstić information content (AvgIpc) is 3.03. The minimum Gasteiger partial charge on any atom is -0.354 e. The number of amides is 3. The van der Waals surface area contributed by atoms with Crippen LogP contribution < -0.4 is 16.4 Å². The lowest BCUT2D eigenvalue weighted by Crippen LogP contribution is -2.48. The van der Waals surface area contributed by atoms with E-state index in [1.54, 1.807) is 24.3 Å².